The summed E-state index contributed by atoms with van der Waals surface area (Å²) in [4.78, 5) is 9.22. The van der Waals surface area contributed by atoms with Crippen molar-refractivity contribution in [3.8, 4) is 10.7 Å². The molecule has 3 N–H and O–H groups in total. The lowest BCUT2D eigenvalue weighted by atomic mass is 10.1. The number of hydrogen-bond acceptors (Lipinski definition) is 4. The summed E-state index contributed by atoms with van der Waals surface area (Å²) in [6, 6.07) is 16.7. The Kier molecular flexibility index (Phi) is 3.28. The summed E-state index contributed by atoms with van der Waals surface area (Å²) < 4.78 is 0. The van der Waals surface area contributed by atoms with E-state index in [0.717, 1.165) is 44.9 Å². The smallest absolute Gasteiger partial charge is 0.148 e. The van der Waals surface area contributed by atoms with Crippen molar-refractivity contribution >= 4 is 39.0 Å². The van der Waals surface area contributed by atoms with Gasteiger partial charge in [-0.25, -0.2) is 4.98 Å². The van der Waals surface area contributed by atoms with E-state index >= 15 is 0 Å². The molecule has 0 aliphatic carbocycles. The van der Waals surface area contributed by atoms with Gasteiger partial charge in [0.05, 0.1) is 27.6 Å². The lowest BCUT2D eigenvalue weighted by Crippen LogP contribution is -1.98. The average molecular weight is 345 g/mol. The summed E-state index contributed by atoms with van der Waals surface area (Å²) in [6.07, 6.45) is 1.85. The highest BCUT2D eigenvalue weighted by molar-refractivity contribution is 7.13. The maximum Gasteiger partial charge on any atom is 0.148 e. The summed E-state index contributed by atoms with van der Waals surface area (Å²) in [5, 5.41) is 13.7. The number of hydrogen-bond donors (Lipinski definition) is 3. The number of thiophene rings is 1. The molecule has 0 amide bonds. The molecule has 6 heteroatoms. The van der Waals surface area contributed by atoms with Crippen LogP contribution in [0.2, 0.25) is 0 Å². The fourth-order valence-electron chi connectivity index (χ4n) is 2.96. The van der Waals surface area contributed by atoms with Gasteiger partial charge in [-0.05, 0) is 47.3 Å². The first-order valence-electron chi connectivity index (χ1n) is 8.05. The molecule has 5 aromatic rings. The molecule has 122 valence electrons. The van der Waals surface area contributed by atoms with Gasteiger partial charge in [0.15, 0.2) is 0 Å². The van der Waals surface area contributed by atoms with Crippen molar-refractivity contribution in [1.82, 2.24) is 20.2 Å². The summed E-state index contributed by atoms with van der Waals surface area (Å²) in [7, 11) is 0. The molecular weight excluding hydrogens is 330 g/mol. The topological polar surface area (TPSA) is 69.4 Å². The van der Waals surface area contributed by atoms with Gasteiger partial charge in [0.25, 0.3) is 0 Å². The number of nitrogens with zero attached hydrogens (tertiary/aromatic N) is 2. The quantitative estimate of drug-likeness (QED) is 0.439. The van der Waals surface area contributed by atoms with Gasteiger partial charge in [0, 0.05) is 17.6 Å². The molecule has 0 spiro atoms. The minimum absolute atomic E-state index is 0.762. The first-order valence-corrected chi connectivity index (χ1v) is 8.93. The highest BCUT2D eigenvalue weighted by Gasteiger charge is 2.07. The van der Waals surface area contributed by atoms with Crippen molar-refractivity contribution in [3.63, 3.8) is 0 Å². The molecular formula is C19H15N5S. The molecule has 5 rings (SSSR count). The Bertz CT molecular complexity index is 1150. The minimum Gasteiger partial charge on any atom is -0.381 e. The van der Waals surface area contributed by atoms with Gasteiger partial charge in [-0.1, -0.05) is 12.1 Å². The van der Waals surface area contributed by atoms with E-state index in [9.17, 15) is 0 Å². The highest BCUT2D eigenvalue weighted by Crippen LogP contribution is 2.26. The van der Waals surface area contributed by atoms with E-state index in [1.165, 1.54) is 5.56 Å². The predicted molar refractivity (Wildman–Crippen MR) is 103 cm³/mol. The van der Waals surface area contributed by atoms with Crippen molar-refractivity contribution in [2.75, 3.05) is 5.32 Å². The van der Waals surface area contributed by atoms with Crippen molar-refractivity contribution in [3.05, 3.63) is 65.7 Å². The lowest BCUT2D eigenvalue weighted by molar-refractivity contribution is 1.12. The van der Waals surface area contributed by atoms with Crippen LogP contribution in [-0.2, 0) is 6.54 Å². The van der Waals surface area contributed by atoms with Crippen LogP contribution in [0, 0.1) is 0 Å². The first kappa shape index (κ1) is 14.2. The Morgan fingerprint density at radius 2 is 2.04 bits per heavy atom. The zero-order valence-electron chi connectivity index (χ0n) is 13.3. The third-order valence-corrected chi connectivity index (χ3v) is 5.11. The fraction of sp³-hybridized carbons (Fsp3) is 0.0526. The van der Waals surface area contributed by atoms with E-state index < -0.39 is 0 Å². The monoisotopic (exact) mass is 345 g/mol. The van der Waals surface area contributed by atoms with Crippen LogP contribution >= 0.6 is 11.3 Å². The van der Waals surface area contributed by atoms with Crippen LogP contribution in [0.25, 0.3) is 32.6 Å². The predicted octanol–water partition coefficient (Wildman–Crippen LogP) is 4.78. The Hall–Kier alpha value is -3.12. The van der Waals surface area contributed by atoms with Gasteiger partial charge in [0.1, 0.15) is 5.82 Å². The summed E-state index contributed by atoms with van der Waals surface area (Å²) in [6.45, 7) is 0.762. The zero-order valence-corrected chi connectivity index (χ0v) is 14.1. The number of fused-ring (bicyclic) bond motifs is 2. The molecule has 0 saturated carbocycles. The second-order valence-electron chi connectivity index (χ2n) is 5.94. The van der Waals surface area contributed by atoms with E-state index in [2.05, 4.69) is 67.3 Å². The summed E-state index contributed by atoms with van der Waals surface area (Å²) in [5.74, 6) is 0.924. The summed E-state index contributed by atoms with van der Waals surface area (Å²) in [5.41, 5.74) is 5.37. The third kappa shape index (κ3) is 2.66. The van der Waals surface area contributed by atoms with E-state index in [0.29, 0.717) is 0 Å². The number of anilines is 1. The molecule has 25 heavy (non-hydrogen) atoms. The van der Waals surface area contributed by atoms with Gasteiger partial charge in [-0.15, -0.1) is 11.3 Å². The number of H-pyrrole nitrogens is 2. The molecule has 2 aromatic carbocycles. The maximum atomic E-state index is 4.66. The molecule has 3 heterocycles. The van der Waals surface area contributed by atoms with Gasteiger partial charge in [-0.2, -0.15) is 5.10 Å². The van der Waals surface area contributed by atoms with Crippen LogP contribution in [0.1, 0.15) is 5.56 Å². The number of aromatic amines is 2. The third-order valence-electron chi connectivity index (χ3n) is 4.24. The molecule has 3 aromatic heterocycles. The fourth-order valence-corrected chi connectivity index (χ4v) is 3.63. The summed E-state index contributed by atoms with van der Waals surface area (Å²) >= 11 is 1.69. The second-order valence-corrected chi connectivity index (χ2v) is 6.89. The number of aromatic nitrogens is 4. The number of rotatable bonds is 4. The van der Waals surface area contributed by atoms with Crippen LogP contribution in [0.3, 0.4) is 0 Å². The van der Waals surface area contributed by atoms with E-state index in [1.807, 2.05) is 18.3 Å². The highest BCUT2D eigenvalue weighted by atomic mass is 32.1. The Balaban J connectivity index is 1.39. The van der Waals surface area contributed by atoms with Crippen molar-refractivity contribution in [1.29, 1.82) is 0 Å². The molecule has 5 nitrogen and oxygen atoms in total. The standard InChI is InChI=1S/C19H15N5S/c1-2-18(25-7-1)19-22-16-6-4-14(9-17(16)23-19)20-10-12-3-5-15-13(8-12)11-21-24-15/h1-9,11,20H,10H2,(H,21,24)(H,22,23). The number of imidazole rings is 1. The molecule has 0 bridgehead atoms. The molecule has 0 unspecified atom stereocenters. The van der Waals surface area contributed by atoms with Crippen LogP contribution in [0.15, 0.2) is 60.1 Å². The van der Waals surface area contributed by atoms with Gasteiger partial charge in [-0.3, -0.25) is 5.10 Å². The van der Waals surface area contributed by atoms with Crippen LogP contribution in [0.5, 0.6) is 0 Å². The molecule has 0 radical (unpaired) electrons. The minimum atomic E-state index is 0.762. The largest absolute Gasteiger partial charge is 0.381 e. The van der Waals surface area contributed by atoms with Gasteiger partial charge in [0.2, 0.25) is 0 Å². The number of nitrogens with one attached hydrogen (secondary N) is 3. The van der Waals surface area contributed by atoms with E-state index in [4.69, 9.17) is 0 Å². The second kappa shape index (κ2) is 5.75. The SMILES string of the molecule is c1csc(-c2nc3ccc(NCc4ccc5[nH]ncc5c4)cc3[nH]2)c1. The van der Waals surface area contributed by atoms with E-state index in [-0.39, 0.29) is 0 Å². The Morgan fingerprint density at radius 1 is 1.04 bits per heavy atom. The van der Waals surface area contributed by atoms with Crippen LogP contribution in [-0.4, -0.2) is 20.2 Å². The van der Waals surface area contributed by atoms with Gasteiger partial charge >= 0.3 is 0 Å². The Morgan fingerprint density at radius 3 is 2.96 bits per heavy atom. The van der Waals surface area contributed by atoms with Crippen molar-refractivity contribution in [2.24, 2.45) is 0 Å². The Labute approximate surface area is 147 Å². The van der Waals surface area contributed by atoms with Crippen LogP contribution in [0.4, 0.5) is 5.69 Å². The number of benzene rings is 2. The maximum absolute atomic E-state index is 4.66. The molecule has 0 aliphatic heterocycles. The van der Waals surface area contributed by atoms with Crippen molar-refractivity contribution < 1.29 is 0 Å². The normalized spacial score (nSPS) is 11.4. The zero-order chi connectivity index (χ0) is 16.6. The molecule has 0 aliphatic rings. The van der Waals surface area contributed by atoms with E-state index in [1.54, 1.807) is 11.3 Å². The van der Waals surface area contributed by atoms with Crippen LogP contribution < -0.4 is 5.32 Å². The van der Waals surface area contributed by atoms with Gasteiger partial charge < -0.3 is 10.3 Å². The molecule has 0 fully saturated rings. The molecule has 0 atom stereocenters. The lowest BCUT2D eigenvalue weighted by Gasteiger charge is -2.06. The average Bonchev–Trinajstić information content (AvgIpc) is 3.38. The molecule has 0 saturated heterocycles. The first-order chi connectivity index (χ1) is 12.3. The van der Waals surface area contributed by atoms with Crippen molar-refractivity contribution in [2.45, 2.75) is 6.54 Å².